The molecule has 0 aliphatic carbocycles. The van der Waals surface area contributed by atoms with Crippen LogP contribution in [-0.4, -0.2) is 46.9 Å². The molecule has 5 heteroatoms. The van der Waals surface area contributed by atoms with Crippen molar-refractivity contribution >= 4 is 5.91 Å². The monoisotopic (exact) mass is 341 g/mol. The summed E-state index contributed by atoms with van der Waals surface area (Å²) in [4.78, 5) is 14.4. The number of nitrogens with zero attached hydrogens (tertiary/aromatic N) is 3. The summed E-state index contributed by atoms with van der Waals surface area (Å²) in [5, 5.41) is 4.42. The van der Waals surface area contributed by atoms with E-state index in [9.17, 15) is 4.79 Å². The molecule has 0 saturated carbocycles. The summed E-state index contributed by atoms with van der Waals surface area (Å²) in [6, 6.07) is 10.1. The minimum Gasteiger partial charge on any atom is -0.378 e. The molecule has 1 aromatic heterocycles. The molecule has 0 bridgehead atoms. The highest BCUT2D eigenvalue weighted by Gasteiger charge is 2.20. The molecule has 134 valence electrons. The fourth-order valence-corrected chi connectivity index (χ4v) is 3.24. The van der Waals surface area contributed by atoms with Crippen LogP contribution in [-0.2, 0) is 11.8 Å². The Bertz CT molecular complexity index is 715. The minimum atomic E-state index is -0.0372. The third-order valence-corrected chi connectivity index (χ3v) is 4.85. The van der Waals surface area contributed by atoms with Crippen molar-refractivity contribution in [2.45, 2.75) is 38.7 Å². The highest BCUT2D eigenvalue weighted by atomic mass is 16.5. The lowest BCUT2D eigenvalue weighted by Crippen LogP contribution is -2.31. The lowest BCUT2D eigenvalue weighted by atomic mass is 10.1. The van der Waals surface area contributed by atoms with Gasteiger partial charge in [0.15, 0.2) is 5.69 Å². The number of rotatable bonds is 5. The van der Waals surface area contributed by atoms with Gasteiger partial charge in [0, 0.05) is 27.2 Å². The number of carbonyl (C=O) groups excluding carboxylic acids is 1. The largest absolute Gasteiger partial charge is 0.378 e. The molecule has 1 aliphatic rings. The molecule has 2 aromatic rings. The maximum atomic E-state index is 12.7. The second-order valence-electron chi connectivity index (χ2n) is 6.91. The number of hydrogen-bond donors (Lipinski definition) is 0. The number of amides is 1. The van der Waals surface area contributed by atoms with Gasteiger partial charge >= 0.3 is 0 Å². The quantitative estimate of drug-likeness (QED) is 0.837. The van der Waals surface area contributed by atoms with Crippen molar-refractivity contribution in [2.24, 2.45) is 7.05 Å². The first kappa shape index (κ1) is 17.7. The smallest absolute Gasteiger partial charge is 0.274 e. The third-order valence-electron chi connectivity index (χ3n) is 4.85. The van der Waals surface area contributed by atoms with Crippen LogP contribution in [0.5, 0.6) is 0 Å². The van der Waals surface area contributed by atoms with Gasteiger partial charge in [0.25, 0.3) is 5.91 Å². The van der Waals surface area contributed by atoms with Crippen molar-refractivity contribution in [1.29, 1.82) is 0 Å². The Labute approximate surface area is 149 Å². The summed E-state index contributed by atoms with van der Waals surface area (Å²) < 4.78 is 7.52. The maximum Gasteiger partial charge on any atom is 0.274 e. The molecule has 1 aromatic carbocycles. The average Bonchev–Trinajstić information content (AvgIpc) is 3.02. The Morgan fingerprint density at radius 1 is 1.32 bits per heavy atom. The Kier molecular flexibility index (Phi) is 5.53. The highest BCUT2D eigenvalue weighted by molar-refractivity contribution is 5.93. The number of aromatic nitrogens is 2. The van der Waals surface area contributed by atoms with Gasteiger partial charge in [-0.3, -0.25) is 9.48 Å². The van der Waals surface area contributed by atoms with Gasteiger partial charge in [0.2, 0.25) is 0 Å². The first-order valence-corrected chi connectivity index (χ1v) is 9.03. The van der Waals surface area contributed by atoms with E-state index in [-0.39, 0.29) is 12.0 Å². The Morgan fingerprint density at radius 3 is 2.76 bits per heavy atom. The standard InChI is InChI=1S/C20H27N3O2/c1-15-7-9-16(10-8-15)19-14-18(21-23(19)3)20(24)22(2)12-11-17-6-4-5-13-25-17/h7-10,14,17H,4-6,11-13H2,1-3H3. The van der Waals surface area contributed by atoms with E-state index in [0.717, 1.165) is 37.1 Å². The fraction of sp³-hybridized carbons (Fsp3) is 0.500. The minimum absolute atomic E-state index is 0.0372. The van der Waals surface area contributed by atoms with Crippen LogP contribution in [0.2, 0.25) is 0 Å². The van der Waals surface area contributed by atoms with Crippen molar-refractivity contribution < 1.29 is 9.53 Å². The van der Waals surface area contributed by atoms with Gasteiger partial charge in [-0.05, 0) is 44.2 Å². The number of aryl methyl sites for hydroxylation is 2. The number of hydrogen-bond acceptors (Lipinski definition) is 3. The van der Waals surface area contributed by atoms with Crippen LogP contribution >= 0.6 is 0 Å². The predicted molar refractivity (Wildman–Crippen MR) is 98.5 cm³/mol. The van der Waals surface area contributed by atoms with Gasteiger partial charge in [-0.25, -0.2) is 0 Å². The van der Waals surface area contributed by atoms with Crippen molar-refractivity contribution in [2.75, 3.05) is 20.2 Å². The third kappa shape index (κ3) is 4.28. The molecule has 0 spiro atoms. The summed E-state index contributed by atoms with van der Waals surface area (Å²) in [6.07, 6.45) is 4.66. The highest BCUT2D eigenvalue weighted by Crippen LogP contribution is 2.21. The topological polar surface area (TPSA) is 47.4 Å². The molecule has 1 saturated heterocycles. The van der Waals surface area contributed by atoms with Crippen molar-refractivity contribution in [3.8, 4) is 11.3 Å². The van der Waals surface area contributed by atoms with Gasteiger partial charge in [-0.1, -0.05) is 29.8 Å². The number of carbonyl (C=O) groups is 1. The van der Waals surface area contributed by atoms with Gasteiger partial charge < -0.3 is 9.64 Å². The first-order valence-electron chi connectivity index (χ1n) is 9.03. The molecule has 1 fully saturated rings. The lowest BCUT2D eigenvalue weighted by Gasteiger charge is -2.25. The Morgan fingerprint density at radius 2 is 2.08 bits per heavy atom. The van der Waals surface area contributed by atoms with E-state index in [1.54, 1.807) is 9.58 Å². The molecule has 1 aliphatic heterocycles. The van der Waals surface area contributed by atoms with E-state index >= 15 is 0 Å². The molecule has 3 rings (SSSR count). The van der Waals surface area contributed by atoms with Gasteiger partial charge in [0.05, 0.1) is 11.8 Å². The van der Waals surface area contributed by atoms with E-state index in [4.69, 9.17) is 4.74 Å². The van der Waals surface area contributed by atoms with Crippen molar-refractivity contribution in [1.82, 2.24) is 14.7 Å². The van der Waals surface area contributed by atoms with Crippen molar-refractivity contribution in [3.05, 3.63) is 41.6 Å². The summed E-state index contributed by atoms with van der Waals surface area (Å²) in [6.45, 7) is 3.61. The molecule has 1 amide bonds. The molecule has 0 radical (unpaired) electrons. The van der Waals surface area contributed by atoms with Crippen LogP contribution < -0.4 is 0 Å². The SMILES string of the molecule is Cc1ccc(-c2cc(C(=O)N(C)CCC3CCCCO3)nn2C)cc1. The van der Waals surface area contributed by atoms with Crippen LogP contribution in [0.3, 0.4) is 0 Å². The van der Waals surface area contributed by atoms with Crippen LogP contribution in [0.25, 0.3) is 11.3 Å². The maximum absolute atomic E-state index is 12.7. The number of benzene rings is 1. The molecular weight excluding hydrogens is 314 g/mol. The second-order valence-corrected chi connectivity index (χ2v) is 6.91. The zero-order valence-electron chi connectivity index (χ0n) is 15.4. The van der Waals surface area contributed by atoms with Gasteiger partial charge in [-0.2, -0.15) is 5.10 Å². The van der Waals surface area contributed by atoms with Crippen LogP contribution in [0.1, 0.15) is 41.7 Å². The Balaban J connectivity index is 1.65. The normalized spacial score (nSPS) is 17.5. The van der Waals surface area contributed by atoms with Crippen LogP contribution in [0, 0.1) is 6.92 Å². The predicted octanol–water partition coefficient (Wildman–Crippen LogP) is 3.43. The zero-order valence-corrected chi connectivity index (χ0v) is 15.4. The molecule has 5 nitrogen and oxygen atoms in total. The Hall–Kier alpha value is -2.14. The van der Waals surface area contributed by atoms with Crippen LogP contribution in [0.15, 0.2) is 30.3 Å². The molecule has 1 atom stereocenters. The molecule has 2 heterocycles. The summed E-state index contributed by atoms with van der Waals surface area (Å²) in [5.41, 5.74) is 3.72. The molecule has 1 unspecified atom stereocenters. The zero-order chi connectivity index (χ0) is 17.8. The van der Waals surface area contributed by atoms with Gasteiger partial charge in [-0.15, -0.1) is 0 Å². The summed E-state index contributed by atoms with van der Waals surface area (Å²) >= 11 is 0. The second kappa shape index (κ2) is 7.83. The average molecular weight is 341 g/mol. The van der Waals surface area contributed by atoms with E-state index in [1.165, 1.54) is 12.0 Å². The van der Waals surface area contributed by atoms with E-state index in [0.29, 0.717) is 12.2 Å². The number of ether oxygens (including phenoxy) is 1. The van der Waals surface area contributed by atoms with E-state index in [1.807, 2.05) is 20.2 Å². The summed E-state index contributed by atoms with van der Waals surface area (Å²) in [7, 11) is 3.72. The molecule has 25 heavy (non-hydrogen) atoms. The lowest BCUT2D eigenvalue weighted by molar-refractivity contribution is 0.00705. The van der Waals surface area contributed by atoms with Crippen molar-refractivity contribution in [3.63, 3.8) is 0 Å². The molecular formula is C20H27N3O2. The first-order chi connectivity index (χ1) is 12.0. The van der Waals surface area contributed by atoms with E-state index < -0.39 is 0 Å². The summed E-state index contributed by atoms with van der Waals surface area (Å²) in [5.74, 6) is -0.0372. The van der Waals surface area contributed by atoms with Gasteiger partial charge in [0.1, 0.15) is 0 Å². The fourth-order valence-electron chi connectivity index (χ4n) is 3.24. The van der Waals surface area contributed by atoms with Crippen LogP contribution in [0.4, 0.5) is 0 Å². The molecule has 0 N–H and O–H groups in total. The van der Waals surface area contributed by atoms with E-state index in [2.05, 4.69) is 36.3 Å².